The Labute approximate surface area is 139 Å². The van der Waals surface area contributed by atoms with Gasteiger partial charge in [-0.25, -0.2) is 4.79 Å². The fourth-order valence-electron chi connectivity index (χ4n) is 3.62. The summed E-state index contributed by atoms with van der Waals surface area (Å²) in [5, 5.41) is 6.70. The summed E-state index contributed by atoms with van der Waals surface area (Å²) in [6.07, 6.45) is 3.12. The van der Waals surface area contributed by atoms with Crippen LogP contribution in [0.2, 0.25) is 0 Å². The van der Waals surface area contributed by atoms with Gasteiger partial charge in [-0.3, -0.25) is 16.2 Å². The Morgan fingerprint density at radius 2 is 2.04 bits per heavy atom. The number of nitrogens with two attached hydrogens (primary N) is 2. The minimum atomic E-state index is -0.625. The number of benzene rings is 1. The Hall–Kier alpha value is -2.71. The van der Waals surface area contributed by atoms with Crippen molar-refractivity contribution in [2.24, 2.45) is 11.5 Å². The van der Waals surface area contributed by atoms with Crippen molar-refractivity contribution in [3.05, 3.63) is 41.2 Å². The van der Waals surface area contributed by atoms with E-state index in [-0.39, 0.29) is 6.17 Å². The quantitative estimate of drug-likeness (QED) is 0.468. The Morgan fingerprint density at radius 3 is 2.79 bits per heavy atom. The first-order valence-electron chi connectivity index (χ1n) is 8.06. The Balaban J connectivity index is 1.73. The molecule has 0 saturated heterocycles. The number of rotatable bonds is 3. The number of hydrogen-bond donors (Lipinski definition) is 6. The van der Waals surface area contributed by atoms with E-state index >= 15 is 0 Å². The van der Waals surface area contributed by atoms with E-state index in [4.69, 9.17) is 11.5 Å². The van der Waals surface area contributed by atoms with E-state index in [1.807, 2.05) is 24.3 Å². The number of aromatic nitrogens is 1. The minimum Gasteiger partial charge on any atom is -0.371 e. The first-order valence-corrected chi connectivity index (χ1v) is 8.06. The lowest BCUT2D eigenvalue weighted by atomic mass is 10.1. The number of nitrogens with zero attached hydrogens (tertiary/aromatic N) is 1. The van der Waals surface area contributed by atoms with Crippen LogP contribution in [0.3, 0.4) is 0 Å². The molecule has 4 rings (SSSR count). The zero-order chi connectivity index (χ0) is 16.7. The maximum absolute atomic E-state index is 10.8. The molecule has 0 bridgehead atoms. The number of amides is 2. The van der Waals surface area contributed by atoms with Gasteiger partial charge in [0.25, 0.3) is 0 Å². The predicted octanol–water partition coefficient (Wildman–Crippen LogP) is 0.891. The molecule has 126 valence electrons. The summed E-state index contributed by atoms with van der Waals surface area (Å²) in [6.45, 7) is 0.687. The molecular weight excluding hydrogens is 306 g/mol. The number of carbonyl (C=O) groups is 1. The van der Waals surface area contributed by atoms with Gasteiger partial charge in [-0.05, 0) is 49.1 Å². The van der Waals surface area contributed by atoms with Gasteiger partial charge in [-0.1, -0.05) is 0 Å². The summed E-state index contributed by atoms with van der Waals surface area (Å²) in [7, 11) is 0. The summed E-state index contributed by atoms with van der Waals surface area (Å²) in [5.74, 6) is 0. The van der Waals surface area contributed by atoms with Crippen molar-refractivity contribution in [1.29, 1.82) is 0 Å². The van der Waals surface area contributed by atoms with Crippen molar-refractivity contribution in [3.8, 4) is 5.69 Å². The van der Waals surface area contributed by atoms with Crippen LogP contribution in [0.15, 0.2) is 24.3 Å². The highest BCUT2D eigenvalue weighted by atomic mass is 16.2. The first kappa shape index (κ1) is 14.9. The molecule has 0 fully saturated rings. The van der Waals surface area contributed by atoms with Crippen molar-refractivity contribution in [2.45, 2.75) is 25.4 Å². The van der Waals surface area contributed by atoms with Crippen LogP contribution in [0.1, 0.15) is 29.5 Å². The largest absolute Gasteiger partial charge is 0.371 e. The molecule has 2 aliphatic rings. The molecule has 1 aliphatic carbocycles. The van der Waals surface area contributed by atoms with Crippen LogP contribution in [-0.4, -0.2) is 17.3 Å². The van der Waals surface area contributed by atoms with Gasteiger partial charge in [0.1, 0.15) is 6.17 Å². The fourth-order valence-corrected chi connectivity index (χ4v) is 3.62. The van der Waals surface area contributed by atoms with Gasteiger partial charge >= 0.3 is 6.03 Å². The first-order chi connectivity index (χ1) is 11.6. The highest BCUT2D eigenvalue weighted by molar-refractivity contribution is 5.73. The lowest BCUT2D eigenvalue weighted by Gasteiger charge is -2.26. The van der Waals surface area contributed by atoms with Crippen LogP contribution in [0.25, 0.3) is 5.69 Å². The SMILES string of the molecule is NC(=O)NNc1ccc(-n2c3c(c4c2C(N)NCN4)CCC3)cc1. The molecule has 1 aromatic carbocycles. The number of hydrazine groups is 1. The molecule has 1 atom stereocenters. The van der Waals surface area contributed by atoms with E-state index in [2.05, 4.69) is 26.1 Å². The topological polar surface area (TPSA) is 122 Å². The summed E-state index contributed by atoms with van der Waals surface area (Å²) < 4.78 is 2.26. The highest BCUT2D eigenvalue weighted by Crippen LogP contribution is 2.40. The zero-order valence-corrected chi connectivity index (χ0v) is 13.2. The summed E-state index contributed by atoms with van der Waals surface area (Å²) in [5.41, 5.74) is 23.3. The summed E-state index contributed by atoms with van der Waals surface area (Å²) >= 11 is 0. The van der Waals surface area contributed by atoms with Gasteiger partial charge in [0.05, 0.1) is 23.7 Å². The van der Waals surface area contributed by atoms with Crippen molar-refractivity contribution in [2.75, 3.05) is 17.4 Å². The second kappa shape index (κ2) is 5.73. The van der Waals surface area contributed by atoms with Crippen LogP contribution in [0.5, 0.6) is 0 Å². The second-order valence-corrected chi connectivity index (χ2v) is 6.07. The standard InChI is InChI=1S/C16H21N7O/c17-15-14-13(19-8-20-15)11-2-1-3-12(11)23(14)10-6-4-9(5-7-10)21-22-16(18)24/h4-7,15,19-21H,1-3,8,17H2,(H3,18,22,24). The molecule has 2 amide bonds. The molecule has 0 spiro atoms. The maximum atomic E-state index is 10.8. The molecule has 0 saturated carbocycles. The van der Waals surface area contributed by atoms with Crippen molar-refractivity contribution in [1.82, 2.24) is 15.3 Å². The number of carbonyl (C=O) groups excluding carboxylic acids is 1. The number of urea groups is 1. The molecule has 0 radical (unpaired) electrons. The predicted molar refractivity (Wildman–Crippen MR) is 92.7 cm³/mol. The average Bonchev–Trinajstić information content (AvgIpc) is 3.15. The third-order valence-electron chi connectivity index (χ3n) is 4.59. The molecule has 24 heavy (non-hydrogen) atoms. The second-order valence-electron chi connectivity index (χ2n) is 6.07. The zero-order valence-electron chi connectivity index (χ0n) is 13.2. The molecule has 1 aliphatic heterocycles. The van der Waals surface area contributed by atoms with Crippen molar-refractivity contribution in [3.63, 3.8) is 0 Å². The molecule has 8 nitrogen and oxygen atoms in total. The van der Waals surface area contributed by atoms with E-state index < -0.39 is 6.03 Å². The smallest absolute Gasteiger partial charge is 0.330 e. The molecule has 2 heterocycles. The van der Waals surface area contributed by atoms with Crippen LogP contribution in [-0.2, 0) is 12.8 Å². The molecule has 8 heteroatoms. The third kappa shape index (κ3) is 2.36. The number of primary amides is 1. The van der Waals surface area contributed by atoms with E-state index in [1.54, 1.807) is 0 Å². The van der Waals surface area contributed by atoms with E-state index in [1.165, 1.54) is 23.4 Å². The Kier molecular flexibility index (Phi) is 3.55. The molecule has 1 aromatic heterocycles. The molecule has 1 unspecified atom stereocenters. The fraction of sp³-hybridized carbons (Fsp3) is 0.312. The lowest BCUT2D eigenvalue weighted by molar-refractivity contribution is 0.250. The molecule has 8 N–H and O–H groups in total. The van der Waals surface area contributed by atoms with Crippen LogP contribution >= 0.6 is 0 Å². The normalized spacial score (nSPS) is 18.5. The number of hydrogen-bond acceptors (Lipinski definition) is 5. The van der Waals surface area contributed by atoms with Crippen molar-refractivity contribution >= 4 is 17.4 Å². The minimum absolute atomic E-state index is 0.193. The number of nitrogens with one attached hydrogen (secondary N) is 4. The van der Waals surface area contributed by atoms with Crippen molar-refractivity contribution < 1.29 is 4.79 Å². The monoisotopic (exact) mass is 327 g/mol. The van der Waals surface area contributed by atoms with Gasteiger partial charge in [0.2, 0.25) is 0 Å². The Bertz CT molecular complexity index is 781. The maximum Gasteiger partial charge on any atom is 0.330 e. The highest BCUT2D eigenvalue weighted by Gasteiger charge is 2.31. The van der Waals surface area contributed by atoms with Gasteiger partial charge < -0.3 is 21.4 Å². The summed E-state index contributed by atoms with van der Waals surface area (Å²) in [4.78, 5) is 10.8. The van der Waals surface area contributed by atoms with Crippen LogP contribution in [0, 0.1) is 0 Å². The van der Waals surface area contributed by atoms with Gasteiger partial charge in [-0.15, -0.1) is 0 Å². The van der Waals surface area contributed by atoms with Gasteiger partial charge in [0.15, 0.2) is 0 Å². The van der Waals surface area contributed by atoms with Crippen LogP contribution in [0.4, 0.5) is 16.2 Å². The number of fused-ring (bicyclic) bond motifs is 3. The average molecular weight is 327 g/mol. The lowest BCUT2D eigenvalue weighted by Crippen LogP contribution is -2.39. The van der Waals surface area contributed by atoms with E-state index in [0.29, 0.717) is 6.67 Å². The van der Waals surface area contributed by atoms with Gasteiger partial charge in [0, 0.05) is 11.4 Å². The third-order valence-corrected chi connectivity index (χ3v) is 4.59. The Morgan fingerprint density at radius 1 is 1.25 bits per heavy atom. The van der Waals surface area contributed by atoms with Crippen LogP contribution < -0.4 is 33.0 Å². The van der Waals surface area contributed by atoms with E-state index in [0.717, 1.165) is 29.9 Å². The molecule has 2 aromatic rings. The number of anilines is 2. The van der Waals surface area contributed by atoms with Gasteiger partial charge in [-0.2, -0.15) is 0 Å². The molecular formula is C16H21N7O. The van der Waals surface area contributed by atoms with E-state index in [9.17, 15) is 4.79 Å². The summed E-state index contributed by atoms with van der Waals surface area (Å²) in [6, 6.07) is 7.18.